The summed E-state index contributed by atoms with van der Waals surface area (Å²) in [6.07, 6.45) is 0. The maximum atomic E-state index is 6.44. The summed E-state index contributed by atoms with van der Waals surface area (Å²) in [7, 11) is 0. The fraction of sp³-hybridized carbons (Fsp3) is 0. The Labute approximate surface area is 152 Å². The van der Waals surface area contributed by atoms with Gasteiger partial charge in [0.2, 0.25) is 0 Å². The predicted molar refractivity (Wildman–Crippen MR) is 109 cm³/mol. The third kappa shape index (κ3) is 2.46. The van der Waals surface area contributed by atoms with Gasteiger partial charge >= 0.3 is 11.3 Å². The van der Waals surface area contributed by atoms with Crippen LogP contribution in [0.2, 0.25) is 0 Å². The molecule has 0 aliphatic rings. The minimum Gasteiger partial charge on any atom is -0.206 e. The quantitative estimate of drug-likeness (QED) is 0.245. The molecule has 0 spiro atoms. The Balaban J connectivity index is 1.90. The first-order valence-corrected chi connectivity index (χ1v) is 8.79. The normalized spacial score (nSPS) is 11.1. The fourth-order valence-electron chi connectivity index (χ4n) is 3.52. The van der Waals surface area contributed by atoms with Crippen molar-refractivity contribution < 1.29 is 4.42 Å². The molecule has 0 saturated heterocycles. The van der Waals surface area contributed by atoms with Crippen LogP contribution in [0.25, 0.3) is 44.2 Å². The van der Waals surface area contributed by atoms with E-state index in [0.717, 1.165) is 33.4 Å². The molecule has 0 bridgehead atoms. The first kappa shape index (κ1) is 14.9. The molecule has 1 heterocycles. The molecular weight excluding hydrogens is 316 g/mol. The van der Waals surface area contributed by atoms with Crippen molar-refractivity contribution in [1.29, 1.82) is 0 Å². The third-order valence-corrected chi connectivity index (χ3v) is 4.80. The van der Waals surface area contributed by atoms with Crippen molar-refractivity contribution >= 4 is 21.7 Å². The minimum atomic E-state index is 0.902. The summed E-state index contributed by atoms with van der Waals surface area (Å²) in [5.41, 5.74) is 4.26. The van der Waals surface area contributed by atoms with E-state index >= 15 is 0 Å². The first-order chi connectivity index (χ1) is 12.9. The van der Waals surface area contributed by atoms with Gasteiger partial charge in [-0.3, -0.25) is 0 Å². The van der Waals surface area contributed by atoms with E-state index in [1.165, 1.54) is 10.8 Å². The molecule has 1 nitrogen and oxygen atoms in total. The number of benzene rings is 4. The highest BCUT2D eigenvalue weighted by Gasteiger charge is 2.23. The van der Waals surface area contributed by atoms with E-state index in [2.05, 4.69) is 78.9 Å². The monoisotopic (exact) mass is 333 g/mol. The number of hydrogen-bond acceptors (Lipinski definition) is 0. The van der Waals surface area contributed by atoms with Gasteiger partial charge < -0.3 is 0 Å². The summed E-state index contributed by atoms with van der Waals surface area (Å²) in [4.78, 5) is 0. The Morgan fingerprint density at radius 3 is 1.92 bits per heavy atom. The van der Waals surface area contributed by atoms with Gasteiger partial charge in [0.05, 0.1) is 16.5 Å². The molecule has 0 radical (unpaired) electrons. The van der Waals surface area contributed by atoms with Gasteiger partial charge in [-0.25, -0.2) is 4.42 Å². The zero-order valence-electron chi connectivity index (χ0n) is 14.2. The standard InChI is InChI=1S/C25H17O/c1-3-9-18(10-4-1)22-17-23-21-14-8-7-11-19(21)15-16-24(23)26-25(22)20-12-5-2-6-13-20/h1-17H/q+1. The van der Waals surface area contributed by atoms with Crippen molar-refractivity contribution in [3.8, 4) is 22.5 Å². The lowest BCUT2D eigenvalue weighted by atomic mass is 9.97. The Kier molecular flexibility index (Phi) is 3.50. The Morgan fingerprint density at radius 1 is 0.500 bits per heavy atom. The molecule has 0 aliphatic heterocycles. The summed E-state index contributed by atoms with van der Waals surface area (Å²) in [5.74, 6) is 0.902. The molecule has 0 fully saturated rings. The molecule has 1 aromatic heterocycles. The highest BCUT2D eigenvalue weighted by atomic mass is 16.3. The van der Waals surface area contributed by atoms with Crippen LogP contribution >= 0.6 is 0 Å². The van der Waals surface area contributed by atoms with Gasteiger partial charge in [-0.15, -0.1) is 0 Å². The van der Waals surface area contributed by atoms with E-state index in [0.29, 0.717) is 0 Å². The van der Waals surface area contributed by atoms with Crippen LogP contribution in [0.5, 0.6) is 0 Å². The molecule has 0 aliphatic carbocycles. The van der Waals surface area contributed by atoms with Gasteiger partial charge in [-0.1, -0.05) is 72.8 Å². The zero-order valence-corrected chi connectivity index (χ0v) is 14.2. The van der Waals surface area contributed by atoms with Gasteiger partial charge in [0, 0.05) is 6.07 Å². The summed E-state index contributed by atoms with van der Waals surface area (Å²) < 4.78 is 6.44. The summed E-state index contributed by atoms with van der Waals surface area (Å²) >= 11 is 0. The molecule has 122 valence electrons. The molecule has 0 amide bonds. The van der Waals surface area contributed by atoms with Crippen molar-refractivity contribution in [2.45, 2.75) is 0 Å². The van der Waals surface area contributed by atoms with E-state index in [-0.39, 0.29) is 0 Å². The molecule has 0 atom stereocenters. The first-order valence-electron chi connectivity index (χ1n) is 8.79. The van der Waals surface area contributed by atoms with E-state index in [9.17, 15) is 0 Å². The topological polar surface area (TPSA) is 11.3 Å². The summed E-state index contributed by atoms with van der Waals surface area (Å²) in [6, 6.07) is 35.7. The van der Waals surface area contributed by atoms with Crippen molar-refractivity contribution in [2.75, 3.05) is 0 Å². The second kappa shape index (κ2) is 6.12. The highest BCUT2D eigenvalue weighted by molar-refractivity contribution is 6.07. The van der Waals surface area contributed by atoms with Crippen LogP contribution in [0.15, 0.2) is 108 Å². The van der Waals surface area contributed by atoms with E-state index in [1.54, 1.807) is 0 Å². The van der Waals surface area contributed by atoms with Gasteiger partial charge in [-0.2, -0.15) is 0 Å². The molecule has 4 aromatic carbocycles. The molecule has 1 heteroatoms. The number of fused-ring (bicyclic) bond motifs is 3. The molecule has 0 unspecified atom stereocenters. The average Bonchev–Trinajstić information content (AvgIpc) is 2.74. The molecule has 5 aromatic rings. The lowest BCUT2D eigenvalue weighted by Crippen LogP contribution is -1.87. The van der Waals surface area contributed by atoms with Gasteiger partial charge in [-0.05, 0) is 40.6 Å². The molecule has 26 heavy (non-hydrogen) atoms. The Hall–Kier alpha value is -3.45. The maximum Gasteiger partial charge on any atom is 0.368 e. The minimum absolute atomic E-state index is 0.902. The van der Waals surface area contributed by atoms with Crippen LogP contribution in [-0.2, 0) is 0 Å². The average molecular weight is 333 g/mol. The zero-order chi connectivity index (χ0) is 17.3. The number of hydrogen-bond donors (Lipinski definition) is 0. The molecule has 0 N–H and O–H groups in total. The van der Waals surface area contributed by atoms with Gasteiger partial charge in [0.25, 0.3) is 0 Å². The van der Waals surface area contributed by atoms with E-state index < -0.39 is 0 Å². The lowest BCUT2D eigenvalue weighted by Gasteiger charge is -2.05. The van der Waals surface area contributed by atoms with Gasteiger partial charge in [0.1, 0.15) is 0 Å². The van der Waals surface area contributed by atoms with E-state index in [1.807, 2.05) is 24.3 Å². The second-order valence-corrected chi connectivity index (χ2v) is 6.42. The van der Waals surface area contributed by atoms with Crippen molar-refractivity contribution in [3.05, 3.63) is 103 Å². The second-order valence-electron chi connectivity index (χ2n) is 6.42. The maximum absolute atomic E-state index is 6.44. The van der Waals surface area contributed by atoms with Gasteiger partial charge in [0.15, 0.2) is 0 Å². The highest BCUT2D eigenvalue weighted by Crippen LogP contribution is 2.37. The Bertz CT molecular complexity index is 1210. The third-order valence-electron chi connectivity index (χ3n) is 4.80. The molecule has 5 rings (SSSR count). The Morgan fingerprint density at radius 2 is 1.15 bits per heavy atom. The van der Waals surface area contributed by atoms with Crippen LogP contribution in [0, 0.1) is 0 Å². The fourth-order valence-corrected chi connectivity index (χ4v) is 3.52. The number of rotatable bonds is 2. The van der Waals surface area contributed by atoms with Crippen molar-refractivity contribution in [2.24, 2.45) is 0 Å². The van der Waals surface area contributed by atoms with Crippen LogP contribution in [-0.4, -0.2) is 0 Å². The van der Waals surface area contributed by atoms with Crippen LogP contribution in [0.3, 0.4) is 0 Å². The van der Waals surface area contributed by atoms with Crippen LogP contribution in [0.1, 0.15) is 0 Å². The summed E-state index contributed by atoms with van der Waals surface area (Å²) in [5, 5.41) is 3.58. The lowest BCUT2D eigenvalue weighted by molar-refractivity contribution is 0.622. The van der Waals surface area contributed by atoms with E-state index in [4.69, 9.17) is 4.42 Å². The predicted octanol–water partition coefficient (Wildman–Crippen LogP) is 7.20. The summed E-state index contributed by atoms with van der Waals surface area (Å²) in [6.45, 7) is 0. The smallest absolute Gasteiger partial charge is 0.206 e. The molecule has 0 saturated carbocycles. The van der Waals surface area contributed by atoms with Crippen molar-refractivity contribution in [1.82, 2.24) is 0 Å². The molecular formula is C25H17O+. The largest absolute Gasteiger partial charge is 0.368 e. The SMILES string of the molecule is c1ccc(-c2cc3c(ccc4ccccc43)[o+]c2-c2ccccc2)cc1. The van der Waals surface area contributed by atoms with Crippen molar-refractivity contribution in [3.63, 3.8) is 0 Å². The van der Waals surface area contributed by atoms with Crippen LogP contribution < -0.4 is 0 Å². The van der Waals surface area contributed by atoms with Crippen LogP contribution in [0.4, 0.5) is 0 Å².